The molecule has 1 unspecified atom stereocenters. The lowest BCUT2D eigenvalue weighted by atomic mass is 9.93. The molecular formula is C20H23BrN2O3. The second-order valence-corrected chi connectivity index (χ2v) is 7.71. The Morgan fingerprint density at radius 3 is 2.77 bits per heavy atom. The van der Waals surface area contributed by atoms with E-state index in [1.165, 1.54) is 0 Å². The summed E-state index contributed by atoms with van der Waals surface area (Å²) in [6, 6.07) is 11.9. The fourth-order valence-corrected chi connectivity index (χ4v) is 3.77. The van der Waals surface area contributed by atoms with Crippen LogP contribution in [0.2, 0.25) is 0 Å². The van der Waals surface area contributed by atoms with Gasteiger partial charge in [0.25, 0.3) is 5.91 Å². The van der Waals surface area contributed by atoms with Crippen LogP contribution in [-0.4, -0.2) is 36.4 Å². The number of ether oxygens (including phenoxy) is 1. The molecular weight excluding hydrogens is 396 g/mol. The highest BCUT2D eigenvalue weighted by Crippen LogP contribution is 2.25. The molecule has 1 atom stereocenters. The summed E-state index contributed by atoms with van der Waals surface area (Å²) in [7, 11) is 0. The van der Waals surface area contributed by atoms with Gasteiger partial charge >= 0.3 is 0 Å². The molecule has 3 rings (SSSR count). The van der Waals surface area contributed by atoms with Crippen LogP contribution in [0.1, 0.15) is 25.7 Å². The first-order valence-electron chi connectivity index (χ1n) is 8.89. The zero-order valence-corrected chi connectivity index (χ0v) is 16.2. The van der Waals surface area contributed by atoms with Gasteiger partial charge in [-0.25, -0.2) is 0 Å². The first-order chi connectivity index (χ1) is 12.5. The third-order valence-electron chi connectivity index (χ3n) is 4.81. The Balaban J connectivity index is 1.54. The Bertz CT molecular complexity index is 809. The number of fused-ring (bicyclic) bond motifs is 1. The van der Waals surface area contributed by atoms with Crippen molar-refractivity contribution in [2.45, 2.75) is 25.7 Å². The summed E-state index contributed by atoms with van der Waals surface area (Å²) < 4.78 is 6.75. The van der Waals surface area contributed by atoms with Crippen molar-refractivity contribution in [2.75, 3.05) is 19.7 Å². The van der Waals surface area contributed by atoms with Crippen molar-refractivity contribution in [3.05, 3.63) is 40.9 Å². The summed E-state index contributed by atoms with van der Waals surface area (Å²) in [5.74, 6) is 0.750. The van der Waals surface area contributed by atoms with Crippen LogP contribution < -0.4 is 10.5 Å². The van der Waals surface area contributed by atoms with Gasteiger partial charge in [-0.3, -0.25) is 9.59 Å². The number of rotatable bonds is 6. The van der Waals surface area contributed by atoms with Gasteiger partial charge in [-0.1, -0.05) is 28.1 Å². The Morgan fingerprint density at radius 1 is 1.19 bits per heavy atom. The van der Waals surface area contributed by atoms with Gasteiger partial charge in [0, 0.05) is 24.0 Å². The van der Waals surface area contributed by atoms with E-state index in [0.29, 0.717) is 24.6 Å². The Hall–Kier alpha value is -2.08. The molecule has 1 fully saturated rings. The number of carbonyl (C=O) groups is 2. The summed E-state index contributed by atoms with van der Waals surface area (Å²) in [5, 5.41) is 2.19. The minimum atomic E-state index is -0.278. The van der Waals surface area contributed by atoms with Crippen LogP contribution in [0.15, 0.2) is 40.9 Å². The molecule has 0 saturated carbocycles. The van der Waals surface area contributed by atoms with E-state index in [1.54, 1.807) is 0 Å². The smallest absolute Gasteiger partial charge is 0.260 e. The SMILES string of the molecule is NC(=O)CCC1CCCN(C(=O)COc2ccc3cc(Br)ccc3c2)C1. The Kier molecular flexibility index (Phi) is 6.14. The van der Waals surface area contributed by atoms with E-state index in [9.17, 15) is 9.59 Å². The number of primary amides is 1. The summed E-state index contributed by atoms with van der Waals surface area (Å²) in [5.41, 5.74) is 5.22. The van der Waals surface area contributed by atoms with E-state index in [-0.39, 0.29) is 18.4 Å². The molecule has 26 heavy (non-hydrogen) atoms. The second kappa shape index (κ2) is 8.54. The molecule has 2 aromatic carbocycles. The first kappa shape index (κ1) is 18.7. The van der Waals surface area contributed by atoms with Crippen molar-refractivity contribution in [1.82, 2.24) is 4.90 Å². The number of amides is 2. The van der Waals surface area contributed by atoms with Crippen molar-refractivity contribution >= 4 is 38.5 Å². The molecule has 1 aliphatic rings. The maximum absolute atomic E-state index is 12.5. The number of nitrogens with zero attached hydrogens (tertiary/aromatic N) is 1. The number of carbonyl (C=O) groups excluding carboxylic acids is 2. The maximum atomic E-state index is 12.5. The van der Waals surface area contributed by atoms with Crippen LogP contribution in [-0.2, 0) is 9.59 Å². The molecule has 6 heteroatoms. The summed E-state index contributed by atoms with van der Waals surface area (Å²) in [6.45, 7) is 1.47. The third kappa shape index (κ3) is 4.97. The quantitative estimate of drug-likeness (QED) is 0.779. The van der Waals surface area contributed by atoms with Gasteiger partial charge < -0.3 is 15.4 Å². The molecule has 0 spiro atoms. The van der Waals surface area contributed by atoms with E-state index in [1.807, 2.05) is 41.3 Å². The molecule has 1 aliphatic heterocycles. The number of hydrogen-bond acceptors (Lipinski definition) is 3. The summed E-state index contributed by atoms with van der Waals surface area (Å²) in [6.07, 6.45) is 3.13. The lowest BCUT2D eigenvalue weighted by molar-refractivity contribution is -0.135. The van der Waals surface area contributed by atoms with Crippen molar-refractivity contribution in [2.24, 2.45) is 11.7 Å². The first-order valence-corrected chi connectivity index (χ1v) is 9.69. The summed E-state index contributed by atoms with van der Waals surface area (Å²) >= 11 is 3.46. The number of nitrogens with two attached hydrogens (primary N) is 1. The minimum Gasteiger partial charge on any atom is -0.484 e. The van der Waals surface area contributed by atoms with Crippen LogP contribution in [0.5, 0.6) is 5.75 Å². The van der Waals surface area contributed by atoms with Crippen LogP contribution in [0.4, 0.5) is 0 Å². The second-order valence-electron chi connectivity index (χ2n) is 6.79. The summed E-state index contributed by atoms with van der Waals surface area (Å²) in [4.78, 5) is 25.3. The highest BCUT2D eigenvalue weighted by atomic mass is 79.9. The number of benzene rings is 2. The predicted molar refractivity (Wildman–Crippen MR) is 105 cm³/mol. The highest BCUT2D eigenvalue weighted by molar-refractivity contribution is 9.10. The monoisotopic (exact) mass is 418 g/mol. The normalized spacial score (nSPS) is 17.3. The molecule has 2 amide bonds. The number of piperidine rings is 1. The molecule has 0 radical (unpaired) electrons. The van der Waals surface area contributed by atoms with E-state index in [4.69, 9.17) is 10.5 Å². The minimum absolute atomic E-state index is 0.00956. The third-order valence-corrected chi connectivity index (χ3v) is 5.30. The van der Waals surface area contributed by atoms with Gasteiger partial charge in [-0.2, -0.15) is 0 Å². The van der Waals surface area contributed by atoms with Gasteiger partial charge in [-0.05, 0) is 60.2 Å². The topological polar surface area (TPSA) is 72.6 Å². The van der Waals surface area contributed by atoms with Crippen LogP contribution in [0, 0.1) is 5.92 Å². The molecule has 2 N–H and O–H groups in total. The van der Waals surface area contributed by atoms with E-state index in [2.05, 4.69) is 15.9 Å². The van der Waals surface area contributed by atoms with Gasteiger partial charge in [0.05, 0.1) is 0 Å². The molecule has 5 nitrogen and oxygen atoms in total. The molecule has 2 aromatic rings. The van der Waals surface area contributed by atoms with Gasteiger partial charge in [0.2, 0.25) is 5.91 Å². The van der Waals surface area contributed by atoms with Crippen molar-refractivity contribution in [3.8, 4) is 5.75 Å². The zero-order valence-electron chi connectivity index (χ0n) is 14.6. The van der Waals surface area contributed by atoms with E-state index in [0.717, 1.165) is 41.1 Å². The van der Waals surface area contributed by atoms with E-state index < -0.39 is 0 Å². The fourth-order valence-electron chi connectivity index (χ4n) is 3.39. The van der Waals surface area contributed by atoms with Crippen LogP contribution >= 0.6 is 15.9 Å². The average molecular weight is 419 g/mol. The van der Waals surface area contributed by atoms with Crippen molar-refractivity contribution in [1.29, 1.82) is 0 Å². The lowest BCUT2D eigenvalue weighted by Gasteiger charge is -2.32. The zero-order chi connectivity index (χ0) is 18.5. The largest absolute Gasteiger partial charge is 0.484 e. The van der Waals surface area contributed by atoms with Gasteiger partial charge in [0.1, 0.15) is 5.75 Å². The lowest BCUT2D eigenvalue weighted by Crippen LogP contribution is -2.42. The van der Waals surface area contributed by atoms with Crippen LogP contribution in [0.3, 0.4) is 0 Å². The predicted octanol–water partition coefficient (Wildman–Crippen LogP) is 3.49. The van der Waals surface area contributed by atoms with Crippen LogP contribution in [0.25, 0.3) is 10.8 Å². The van der Waals surface area contributed by atoms with Crippen molar-refractivity contribution < 1.29 is 14.3 Å². The number of hydrogen-bond donors (Lipinski definition) is 1. The van der Waals surface area contributed by atoms with Crippen molar-refractivity contribution in [3.63, 3.8) is 0 Å². The number of halogens is 1. The molecule has 1 saturated heterocycles. The maximum Gasteiger partial charge on any atom is 0.260 e. The van der Waals surface area contributed by atoms with E-state index >= 15 is 0 Å². The standard InChI is InChI=1S/C20H23BrN2O3/c21-17-6-4-16-11-18(7-5-15(16)10-17)26-13-20(25)23-9-1-2-14(12-23)3-8-19(22)24/h4-7,10-11,14H,1-3,8-9,12-13H2,(H2,22,24). The molecule has 1 heterocycles. The molecule has 0 bridgehead atoms. The molecule has 0 aromatic heterocycles. The molecule has 138 valence electrons. The highest BCUT2D eigenvalue weighted by Gasteiger charge is 2.24. The van der Waals surface area contributed by atoms with Gasteiger partial charge in [-0.15, -0.1) is 0 Å². The Labute approximate surface area is 161 Å². The van der Waals surface area contributed by atoms with Gasteiger partial charge in [0.15, 0.2) is 6.61 Å². The molecule has 0 aliphatic carbocycles. The number of likely N-dealkylation sites (tertiary alicyclic amines) is 1. The average Bonchev–Trinajstić information content (AvgIpc) is 2.64. The fraction of sp³-hybridized carbons (Fsp3) is 0.400. The Morgan fingerprint density at radius 2 is 1.96 bits per heavy atom.